The third-order valence-electron chi connectivity index (χ3n) is 4.75. The zero-order valence-electron chi connectivity index (χ0n) is 17.4. The molecule has 0 aliphatic heterocycles. The zero-order valence-corrected chi connectivity index (χ0v) is 18.1. The molecule has 2 N–H and O–H groups in total. The molecule has 4 aromatic rings. The molecule has 7 heteroatoms. The van der Waals surface area contributed by atoms with E-state index in [1.54, 1.807) is 12.3 Å². The number of carbonyl (C=O) groups excluding carboxylic acids is 1. The SMILES string of the molecule is Cc1ccc(C=NNC(=O)c2cc(-c3ccc(OCc4ccc(Cl)cc4)cc3)n[nH]2)cc1. The van der Waals surface area contributed by atoms with E-state index >= 15 is 0 Å². The number of aromatic nitrogens is 2. The van der Waals surface area contributed by atoms with Gasteiger partial charge in [0.1, 0.15) is 18.1 Å². The standard InChI is InChI=1S/C25H21ClN4O2/c1-17-2-4-18(5-3-17)15-27-30-25(31)24-14-23(28-29-24)20-8-12-22(13-9-20)32-16-19-6-10-21(26)11-7-19/h2-15H,16H2,1H3,(H,28,29)(H,30,31). The number of ether oxygens (including phenoxy) is 1. The molecule has 32 heavy (non-hydrogen) atoms. The summed E-state index contributed by atoms with van der Waals surface area (Å²) in [5, 5.41) is 11.7. The maximum Gasteiger partial charge on any atom is 0.289 e. The van der Waals surface area contributed by atoms with Gasteiger partial charge in [-0.05, 0) is 60.5 Å². The van der Waals surface area contributed by atoms with Crippen molar-refractivity contribution in [1.29, 1.82) is 0 Å². The largest absolute Gasteiger partial charge is 0.489 e. The number of H-pyrrole nitrogens is 1. The number of rotatable bonds is 7. The summed E-state index contributed by atoms with van der Waals surface area (Å²) in [6, 6.07) is 24.6. The maximum atomic E-state index is 12.3. The van der Waals surface area contributed by atoms with Crippen LogP contribution in [0.1, 0.15) is 27.2 Å². The number of halogens is 1. The highest BCUT2D eigenvalue weighted by atomic mass is 35.5. The Morgan fingerprint density at radius 2 is 1.78 bits per heavy atom. The van der Waals surface area contributed by atoms with Crippen LogP contribution in [0.5, 0.6) is 5.75 Å². The summed E-state index contributed by atoms with van der Waals surface area (Å²) in [4.78, 5) is 12.3. The Morgan fingerprint density at radius 1 is 1.06 bits per heavy atom. The van der Waals surface area contributed by atoms with Crippen molar-refractivity contribution in [3.8, 4) is 17.0 Å². The molecule has 1 heterocycles. The molecule has 0 aliphatic carbocycles. The quantitative estimate of drug-likeness (QED) is 0.296. The van der Waals surface area contributed by atoms with Gasteiger partial charge in [0.25, 0.3) is 5.91 Å². The van der Waals surface area contributed by atoms with Crippen LogP contribution < -0.4 is 10.2 Å². The zero-order chi connectivity index (χ0) is 22.3. The lowest BCUT2D eigenvalue weighted by atomic mass is 10.1. The van der Waals surface area contributed by atoms with E-state index in [1.165, 1.54) is 0 Å². The van der Waals surface area contributed by atoms with Gasteiger partial charge in [-0.25, -0.2) is 5.43 Å². The van der Waals surface area contributed by atoms with Crippen molar-refractivity contribution in [3.05, 3.63) is 106 Å². The molecule has 1 aromatic heterocycles. The van der Waals surface area contributed by atoms with Crippen LogP contribution in [-0.2, 0) is 6.61 Å². The first-order chi connectivity index (χ1) is 15.6. The molecule has 1 amide bonds. The minimum Gasteiger partial charge on any atom is -0.489 e. The van der Waals surface area contributed by atoms with Crippen molar-refractivity contribution < 1.29 is 9.53 Å². The number of nitrogens with zero attached hydrogens (tertiary/aromatic N) is 2. The number of hydrazone groups is 1. The van der Waals surface area contributed by atoms with Gasteiger partial charge in [-0.15, -0.1) is 0 Å². The molecule has 0 fully saturated rings. The molecule has 0 atom stereocenters. The van der Waals surface area contributed by atoms with Crippen molar-refractivity contribution in [2.75, 3.05) is 0 Å². The van der Waals surface area contributed by atoms with E-state index in [-0.39, 0.29) is 5.91 Å². The van der Waals surface area contributed by atoms with E-state index in [1.807, 2.05) is 79.7 Å². The lowest BCUT2D eigenvalue weighted by Crippen LogP contribution is -2.17. The number of nitrogens with one attached hydrogen (secondary N) is 2. The van der Waals surface area contributed by atoms with Crippen LogP contribution in [0.4, 0.5) is 0 Å². The summed E-state index contributed by atoms with van der Waals surface area (Å²) in [6.45, 7) is 2.47. The van der Waals surface area contributed by atoms with Crippen LogP contribution in [0.2, 0.25) is 5.02 Å². The molecule has 0 radical (unpaired) electrons. The van der Waals surface area contributed by atoms with Gasteiger partial charge in [-0.3, -0.25) is 9.89 Å². The summed E-state index contributed by atoms with van der Waals surface area (Å²) in [5.41, 5.74) is 7.44. The van der Waals surface area contributed by atoms with Crippen LogP contribution in [-0.4, -0.2) is 22.3 Å². The van der Waals surface area contributed by atoms with Crippen LogP contribution in [0, 0.1) is 6.92 Å². The first kappa shape index (κ1) is 21.3. The Labute approximate surface area is 190 Å². The highest BCUT2D eigenvalue weighted by Gasteiger charge is 2.10. The van der Waals surface area contributed by atoms with Gasteiger partial charge in [0.05, 0.1) is 11.9 Å². The van der Waals surface area contributed by atoms with Gasteiger partial charge >= 0.3 is 0 Å². The minimum atomic E-state index is -0.366. The molecule has 0 saturated heterocycles. The molecule has 0 bridgehead atoms. The van der Waals surface area contributed by atoms with Crippen LogP contribution in [0.3, 0.4) is 0 Å². The average Bonchev–Trinajstić information content (AvgIpc) is 3.31. The number of amides is 1. The highest BCUT2D eigenvalue weighted by molar-refractivity contribution is 6.30. The molecule has 160 valence electrons. The van der Waals surface area contributed by atoms with Crippen molar-refractivity contribution in [1.82, 2.24) is 15.6 Å². The van der Waals surface area contributed by atoms with Crippen molar-refractivity contribution in [2.45, 2.75) is 13.5 Å². The van der Waals surface area contributed by atoms with Crippen molar-refractivity contribution in [3.63, 3.8) is 0 Å². The van der Waals surface area contributed by atoms with Crippen LogP contribution in [0.15, 0.2) is 84.0 Å². The fraction of sp³-hybridized carbons (Fsp3) is 0.0800. The fourth-order valence-corrected chi connectivity index (χ4v) is 3.06. The average molecular weight is 445 g/mol. The fourth-order valence-electron chi connectivity index (χ4n) is 2.93. The number of aryl methyl sites for hydroxylation is 1. The first-order valence-electron chi connectivity index (χ1n) is 10.00. The van der Waals surface area contributed by atoms with Gasteiger partial charge in [0.15, 0.2) is 0 Å². The maximum absolute atomic E-state index is 12.3. The third-order valence-corrected chi connectivity index (χ3v) is 5.00. The molecule has 3 aromatic carbocycles. The second kappa shape index (κ2) is 9.94. The third kappa shape index (κ3) is 5.62. The van der Waals surface area contributed by atoms with E-state index in [4.69, 9.17) is 16.3 Å². The summed E-state index contributed by atoms with van der Waals surface area (Å²) in [6.07, 6.45) is 1.59. The number of hydrogen-bond donors (Lipinski definition) is 2. The Bertz CT molecular complexity index is 1210. The van der Waals surface area contributed by atoms with Crippen molar-refractivity contribution >= 4 is 23.7 Å². The van der Waals surface area contributed by atoms with Gasteiger partial charge < -0.3 is 4.74 Å². The van der Waals surface area contributed by atoms with E-state index in [2.05, 4.69) is 20.7 Å². The normalized spacial score (nSPS) is 10.9. The predicted molar refractivity (Wildman–Crippen MR) is 126 cm³/mol. The van der Waals surface area contributed by atoms with Crippen LogP contribution in [0.25, 0.3) is 11.3 Å². The molecular weight excluding hydrogens is 424 g/mol. The minimum absolute atomic E-state index is 0.323. The molecule has 4 rings (SSSR count). The molecule has 6 nitrogen and oxygen atoms in total. The Morgan fingerprint density at radius 3 is 2.50 bits per heavy atom. The summed E-state index contributed by atoms with van der Waals surface area (Å²) in [5.74, 6) is 0.373. The van der Waals surface area contributed by atoms with Crippen LogP contribution >= 0.6 is 11.6 Å². The van der Waals surface area contributed by atoms with E-state index in [0.29, 0.717) is 23.0 Å². The molecule has 0 spiro atoms. The monoisotopic (exact) mass is 444 g/mol. The number of aromatic amines is 1. The van der Waals surface area contributed by atoms with Gasteiger partial charge in [0.2, 0.25) is 0 Å². The number of hydrogen-bond acceptors (Lipinski definition) is 4. The Hall–Kier alpha value is -3.90. The lowest BCUT2D eigenvalue weighted by Gasteiger charge is -2.07. The van der Waals surface area contributed by atoms with E-state index in [0.717, 1.165) is 28.0 Å². The van der Waals surface area contributed by atoms with E-state index < -0.39 is 0 Å². The first-order valence-corrected chi connectivity index (χ1v) is 10.4. The second-order valence-corrected chi connectivity index (χ2v) is 7.65. The Balaban J connectivity index is 1.33. The van der Waals surface area contributed by atoms with Gasteiger partial charge in [-0.1, -0.05) is 53.6 Å². The topological polar surface area (TPSA) is 79.4 Å². The predicted octanol–water partition coefficient (Wildman–Crippen LogP) is 5.38. The highest BCUT2D eigenvalue weighted by Crippen LogP contribution is 2.22. The summed E-state index contributed by atoms with van der Waals surface area (Å²) in [7, 11) is 0. The van der Waals surface area contributed by atoms with Gasteiger partial charge in [0, 0.05) is 10.6 Å². The number of carbonyl (C=O) groups is 1. The molecule has 0 saturated carbocycles. The molecular formula is C25H21ClN4O2. The van der Waals surface area contributed by atoms with Crippen molar-refractivity contribution in [2.24, 2.45) is 5.10 Å². The molecule has 0 unspecified atom stereocenters. The lowest BCUT2D eigenvalue weighted by molar-refractivity contribution is 0.0950. The smallest absolute Gasteiger partial charge is 0.289 e. The Kier molecular flexibility index (Phi) is 6.63. The summed E-state index contributed by atoms with van der Waals surface area (Å²) < 4.78 is 5.80. The molecule has 0 aliphatic rings. The number of benzene rings is 3. The second-order valence-electron chi connectivity index (χ2n) is 7.22. The van der Waals surface area contributed by atoms with Gasteiger partial charge in [-0.2, -0.15) is 10.2 Å². The van der Waals surface area contributed by atoms with E-state index in [9.17, 15) is 4.79 Å². The summed E-state index contributed by atoms with van der Waals surface area (Å²) >= 11 is 5.90.